The molecule has 0 amide bonds. The van der Waals surface area contributed by atoms with Crippen molar-refractivity contribution in [2.45, 2.75) is 52.2 Å². The first-order chi connectivity index (χ1) is 14.5. The van der Waals surface area contributed by atoms with E-state index in [1.807, 2.05) is 30.3 Å². The van der Waals surface area contributed by atoms with E-state index in [0.717, 1.165) is 37.4 Å². The van der Waals surface area contributed by atoms with Crippen LogP contribution >= 0.6 is 11.3 Å². The summed E-state index contributed by atoms with van der Waals surface area (Å²) in [5, 5.41) is 14.9. The minimum absolute atomic E-state index is 0.394. The standard InChI is InChI=1S/C22H30N6OS/c1-22(2,3)11-14-27-12-9-17(10-13-27)20-24-19(15-30-20)21(28-16-23-25-26-28)29-18-7-5-4-6-8-18/h4-8,15-17,21H,9-14H2,1-3H3. The van der Waals surface area contributed by atoms with Gasteiger partial charge in [0.15, 0.2) is 0 Å². The van der Waals surface area contributed by atoms with E-state index in [0.29, 0.717) is 11.3 Å². The molecule has 8 heteroatoms. The number of hydrogen-bond acceptors (Lipinski definition) is 7. The maximum Gasteiger partial charge on any atom is 0.238 e. The zero-order valence-corrected chi connectivity index (χ0v) is 18.8. The smallest absolute Gasteiger partial charge is 0.238 e. The Balaban J connectivity index is 1.42. The summed E-state index contributed by atoms with van der Waals surface area (Å²) >= 11 is 1.72. The van der Waals surface area contributed by atoms with Gasteiger partial charge in [-0.3, -0.25) is 0 Å². The van der Waals surface area contributed by atoms with Crippen LogP contribution in [0.5, 0.6) is 5.75 Å². The van der Waals surface area contributed by atoms with Gasteiger partial charge < -0.3 is 9.64 Å². The molecule has 160 valence electrons. The van der Waals surface area contributed by atoms with Gasteiger partial charge in [0.2, 0.25) is 6.23 Å². The molecule has 4 rings (SSSR count). The summed E-state index contributed by atoms with van der Waals surface area (Å²) < 4.78 is 7.79. The number of thiazole rings is 1. The van der Waals surface area contributed by atoms with Gasteiger partial charge in [-0.2, -0.15) is 4.68 Å². The van der Waals surface area contributed by atoms with Crippen molar-refractivity contribution in [2.24, 2.45) is 5.41 Å². The summed E-state index contributed by atoms with van der Waals surface area (Å²) in [6.45, 7) is 10.4. The maximum absolute atomic E-state index is 6.18. The van der Waals surface area contributed by atoms with E-state index >= 15 is 0 Å². The average Bonchev–Trinajstić information content (AvgIpc) is 3.44. The van der Waals surface area contributed by atoms with E-state index in [4.69, 9.17) is 9.72 Å². The molecular weight excluding hydrogens is 396 g/mol. The quantitative estimate of drug-likeness (QED) is 0.559. The van der Waals surface area contributed by atoms with Gasteiger partial charge in [0.1, 0.15) is 17.8 Å². The molecule has 0 saturated carbocycles. The van der Waals surface area contributed by atoms with E-state index in [1.54, 1.807) is 22.3 Å². The number of rotatable bonds is 7. The molecule has 2 aromatic heterocycles. The van der Waals surface area contributed by atoms with Crippen LogP contribution in [-0.4, -0.2) is 49.7 Å². The lowest BCUT2D eigenvalue weighted by Gasteiger charge is -2.33. The predicted octanol–water partition coefficient (Wildman–Crippen LogP) is 4.37. The van der Waals surface area contributed by atoms with Crippen LogP contribution in [0.4, 0.5) is 0 Å². The van der Waals surface area contributed by atoms with Crippen LogP contribution in [0.2, 0.25) is 0 Å². The Morgan fingerprint density at radius 2 is 1.93 bits per heavy atom. The molecule has 30 heavy (non-hydrogen) atoms. The third-order valence-electron chi connectivity index (χ3n) is 5.50. The predicted molar refractivity (Wildman–Crippen MR) is 118 cm³/mol. The molecule has 1 aliphatic heterocycles. The largest absolute Gasteiger partial charge is 0.463 e. The van der Waals surface area contributed by atoms with Crippen LogP contribution in [0, 0.1) is 5.41 Å². The summed E-state index contributed by atoms with van der Waals surface area (Å²) in [5.41, 5.74) is 1.24. The molecule has 0 bridgehead atoms. The highest BCUT2D eigenvalue weighted by Crippen LogP contribution is 2.33. The van der Waals surface area contributed by atoms with E-state index in [2.05, 4.69) is 46.6 Å². The van der Waals surface area contributed by atoms with Crippen molar-refractivity contribution in [2.75, 3.05) is 19.6 Å². The molecule has 0 spiro atoms. The Morgan fingerprint density at radius 3 is 2.60 bits per heavy atom. The summed E-state index contributed by atoms with van der Waals surface area (Å²) in [4.78, 5) is 7.55. The lowest BCUT2D eigenvalue weighted by molar-refractivity contribution is 0.152. The van der Waals surface area contributed by atoms with Crippen LogP contribution in [0.3, 0.4) is 0 Å². The topological polar surface area (TPSA) is 69.0 Å². The first-order valence-corrected chi connectivity index (χ1v) is 11.5. The lowest BCUT2D eigenvalue weighted by atomic mass is 9.91. The Bertz CT molecular complexity index is 897. The third-order valence-corrected chi connectivity index (χ3v) is 6.53. The van der Waals surface area contributed by atoms with Gasteiger partial charge in [-0.1, -0.05) is 39.0 Å². The molecule has 1 atom stereocenters. The highest BCUT2D eigenvalue weighted by Gasteiger charge is 2.26. The summed E-state index contributed by atoms with van der Waals surface area (Å²) in [7, 11) is 0. The van der Waals surface area contributed by atoms with E-state index in [-0.39, 0.29) is 0 Å². The van der Waals surface area contributed by atoms with E-state index in [9.17, 15) is 0 Å². The fourth-order valence-electron chi connectivity index (χ4n) is 3.65. The number of nitrogens with zero attached hydrogens (tertiary/aromatic N) is 6. The molecule has 1 unspecified atom stereocenters. The first-order valence-electron chi connectivity index (χ1n) is 10.6. The van der Waals surface area contributed by atoms with Crippen LogP contribution < -0.4 is 4.74 Å². The van der Waals surface area contributed by atoms with Crippen molar-refractivity contribution in [1.29, 1.82) is 0 Å². The maximum atomic E-state index is 6.18. The van der Waals surface area contributed by atoms with Gasteiger partial charge in [0, 0.05) is 11.3 Å². The fraction of sp³-hybridized carbons (Fsp3) is 0.545. The van der Waals surface area contributed by atoms with Crippen molar-refractivity contribution >= 4 is 11.3 Å². The second kappa shape index (κ2) is 9.22. The van der Waals surface area contributed by atoms with Gasteiger partial charge in [-0.15, -0.1) is 16.4 Å². The van der Waals surface area contributed by atoms with Crippen molar-refractivity contribution in [1.82, 2.24) is 30.1 Å². The number of benzene rings is 1. The lowest BCUT2D eigenvalue weighted by Crippen LogP contribution is -2.35. The van der Waals surface area contributed by atoms with Crippen LogP contribution in [-0.2, 0) is 0 Å². The van der Waals surface area contributed by atoms with Crippen LogP contribution in [0.15, 0.2) is 42.0 Å². The molecule has 0 radical (unpaired) electrons. The van der Waals surface area contributed by atoms with Gasteiger partial charge in [-0.05, 0) is 66.9 Å². The molecule has 1 aliphatic rings. The summed E-state index contributed by atoms with van der Waals surface area (Å²) in [6.07, 6.45) is 4.65. The SMILES string of the molecule is CC(C)(C)CCN1CCC(c2nc(C(Oc3ccccc3)n3cnnn3)cs2)CC1. The summed E-state index contributed by atoms with van der Waals surface area (Å²) in [6, 6.07) is 9.72. The van der Waals surface area contributed by atoms with Gasteiger partial charge >= 0.3 is 0 Å². The number of ether oxygens (including phenoxy) is 1. The Morgan fingerprint density at radius 1 is 1.17 bits per heavy atom. The Labute approximate surface area is 182 Å². The minimum atomic E-state index is -0.473. The molecule has 0 aliphatic carbocycles. The molecule has 1 saturated heterocycles. The number of tetrazole rings is 1. The summed E-state index contributed by atoms with van der Waals surface area (Å²) in [5.74, 6) is 1.28. The zero-order chi connectivity index (χ0) is 21.0. The molecule has 1 aromatic carbocycles. The molecule has 7 nitrogen and oxygen atoms in total. The molecule has 3 heterocycles. The number of aromatic nitrogens is 5. The van der Waals surface area contributed by atoms with Crippen molar-refractivity contribution in [3.8, 4) is 5.75 Å². The van der Waals surface area contributed by atoms with Gasteiger partial charge in [-0.25, -0.2) is 4.98 Å². The highest BCUT2D eigenvalue weighted by atomic mass is 32.1. The van der Waals surface area contributed by atoms with E-state index < -0.39 is 6.23 Å². The van der Waals surface area contributed by atoms with Crippen molar-refractivity contribution in [3.63, 3.8) is 0 Å². The normalized spacial score (nSPS) is 17.2. The third kappa shape index (κ3) is 5.43. The molecule has 3 aromatic rings. The van der Waals surface area contributed by atoms with Crippen LogP contribution in [0.1, 0.15) is 62.9 Å². The molecule has 0 N–H and O–H groups in total. The van der Waals surface area contributed by atoms with Gasteiger partial charge in [0.05, 0.1) is 5.01 Å². The van der Waals surface area contributed by atoms with Crippen LogP contribution in [0.25, 0.3) is 0 Å². The molecular formula is C22H30N6OS. The first kappa shape index (κ1) is 20.9. The van der Waals surface area contributed by atoms with Gasteiger partial charge in [0.25, 0.3) is 0 Å². The second-order valence-corrected chi connectivity index (χ2v) is 10.00. The Kier molecular flexibility index (Phi) is 6.43. The second-order valence-electron chi connectivity index (χ2n) is 9.11. The zero-order valence-electron chi connectivity index (χ0n) is 17.9. The highest BCUT2D eigenvalue weighted by molar-refractivity contribution is 7.09. The van der Waals surface area contributed by atoms with E-state index in [1.165, 1.54) is 18.0 Å². The number of hydrogen-bond donors (Lipinski definition) is 0. The minimum Gasteiger partial charge on any atom is -0.463 e. The molecule has 1 fully saturated rings. The Hall–Kier alpha value is -2.32. The number of likely N-dealkylation sites (tertiary alicyclic amines) is 1. The fourth-order valence-corrected chi connectivity index (χ4v) is 4.65. The number of piperidine rings is 1. The van der Waals surface area contributed by atoms with Crippen molar-refractivity contribution in [3.05, 3.63) is 52.7 Å². The van der Waals surface area contributed by atoms with Crippen molar-refractivity contribution < 1.29 is 4.74 Å². The monoisotopic (exact) mass is 426 g/mol. The average molecular weight is 427 g/mol. The number of para-hydroxylation sites is 1.